The van der Waals surface area contributed by atoms with Gasteiger partial charge in [-0.2, -0.15) is 0 Å². The van der Waals surface area contributed by atoms with Gasteiger partial charge in [0.2, 0.25) is 0 Å². The molecule has 0 N–H and O–H groups in total. The van der Waals surface area contributed by atoms with Crippen molar-refractivity contribution in [2.75, 3.05) is 0 Å². The molecule has 1 nitrogen and oxygen atoms in total. The number of hydrogen-bond acceptors (Lipinski definition) is 0. The lowest BCUT2D eigenvalue weighted by molar-refractivity contribution is 0.374. The third-order valence-electron chi connectivity index (χ3n) is 2.60. The zero-order valence-electron chi connectivity index (χ0n) is 7.70. The summed E-state index contributed by atoms with van der Waals surface area (Å²) < 4.78 is 2.38. The monoisotopic (exact) mass is 161 g/mol. The molecule has 2 heterocycles. The zero-order valence-corrected chi connectivity index (χ0v) is 7.70. The molecule has 0 amide bonds. The van der Waals surface area contributed by atoms with Crippen LogP contribution in [0.5, 0.6) is 0 Å². The van der Waals surface area contributed by atoms with Gasteiger partial charge in [-0.1, -0.05) is 19.9 Å². The van der Waals surface area contributed by atoms with Crippen LogP contribution in [0, 0.1) is 5.92 Å². The van der Waals surface area contributed by atoms with Crippen molar-refractivity contribution in [1.29, 1.82) is 0 Å². The van der Waals surface area contributed by atoms with Gasteiger partial charge in [0.05, 0.1) is 0 Å². The summed E-state index contributed by atoms with van der Waals surface area (Å²) >= 11 is 0. The number of fused-ring (bicyclic) bond motifs is 1. The van der Waals surface area contributed by atoms with Crippen molar-refractivity contribution in [1.82, 2.24) is 4.57 Å². The van der Waals surface area contributed by atoms with Crippen molar-refractivity contribution in [3.8, 4) is 0 Å². The van der Waals surface area contributed by atoms with Gasteiger partial charge in [0.15, 0.2) is 0 Å². The average Bonchev–Trinajstić information content (AvgIpc) is 2.49. The summed E-state index contributed by atoms with van der Waals surface area (Å²) in [4.78, 5) is 0. The lowest BCUT2D eigenvalue weighted by atomic mass is 9.98. The van der Waals surface area contributed by atoms with E-state index in [1.807, 2.05) is 0 Å². The molecule has 2 rings (SSSR count). The SMILES string of the molecule is CC(C)[C@H]1CC=Cc2cccn21. The average molecular weight is 161 g/mol. The minimum atomic E-state index is 0.667. The van der Waals surface area contributed by atoms with Gasteiger partial charge in [0.1, 0.15) is 0 Å². The van der Waals surface area contributed by atoms with E-state index in [1.165, 1.54) is 12.1 Å². The van der Waals surface area contributed by atoms with E-state index in [0.29, 0.717) is 6.04 Å². The molecule has 0 fully saturated rings. The summed E-state index contributed by atoms with van der Waals surface area (Å²) in [6.45, 7) is 4.57. The molecule has 0 bridgehead atoms. The first-order chi connectivity index (χ1) is 5.79. The van der Waals surface area contributed by atoms with Crippen LogP contribution in [-0.2, 0) is 0 Å². The predicted octanol–water partition coefficient (Wildman–Crippen LogP) is 3.10. The molecule has 0 aromatic carbocycles. The molecule has 1 aliphatic rings. The maximum atomic E-state index is 2.38. The lowest BCUT2D eigenvalue weighted by Gasteiger charge is -2.26. The van der Waals surface area contributed by atoms with Crippen molar-refractivity contribution in [2.45, 2.75) is 26.3 Å². The van der Waals surface area contributed by atoms with Crippen molar-refractivity contribution in [2.24, 2.45) is 5.92 Å². The third-order valence-corrected chi connectivity index (χ3v) is 2.60. The number of aromatic nitrogens is 1. The molecule has 1 aromatic heterocycles. The largest absolute Gasteiger partial charge is 0.344 e. The van der Waals surface area contributed by atoms with Crippen LogP contribution in [0.15, 0.2) is 24.4 Å². The van der Waals surface area contributed by atoms with E-state index in [-0.39, 0.29) is 0 Å². The second kappa shape index (κ2) is 2.81. The van der Waals surface area contributed by atoms with Crippen molar-refractivity contribution in [3.63, 3.8) is 0 Å². The molecule has 64 valence electrons. The van der Waals surface area contributed by atoms with E-state index in [1.54, 1.807) is 0 Å². The van der Waals surface area contributed by atoms with E-state index in [9.17, 15) is 0 Å². The number of rotatable bonds is 1. The summed E-state index contributed by atoms with van der Waals surface area (Å²) in [5.41, 5.74) is 1.35. The Morgan fingerprint density at radius 1 is 1.50 bits per heavy atom. The van der Waals surface area contributed by atoms with Gasteiger partial charge in [-0.3, -0.25) is 0 Å². The Kier molecular flexibility index (Phi) is 1.80. The molecule has 0 spiro atoms. The van der Waals surface area contributed by atoms with Gasteiger partial charge in [0, 0.05) is 17.9 Å². The lowest BCUT2D eigenvalue weighted by Crippen LogP contribution is -2.16. The first-order valence-corrected chi connectivity index (χ1v) is 4.62. The number of allylic oxidation sites excluding steroid dienone is 1. The van der Waals surface area contributed by atoms with E-state index in [2.05, 4.69) is 48.9 Å². The minimum absolute atomic E-state index is 0.667. The molecule has 1 aromatic rings. The molecule has 1 aliphatic heterocycles. The van der Waals surface area contributed by atoms with Crippen LogP contribution in [-0.4, -0.2) is 4.57 Å². The zero-order chi connectivity index (χ0) is 8.55. The van der Waals surface area contributed by atoms with E-state index in [4.69, 9.17) is 0 Å². The summed E-state index contributed by atoms with van der Waals surface area (Å²) in [6.07, 6.45) is 7.85. The fourth-order valence-corrected chi connectivity index (χ4v) is 1.89. The smallest absolute Gasteiger partial charge is 0.0406 e. The van der Waals surface area contributed by atoms with Crippen LogP contribution < -0.4 is 0 Å². The highest BCUT2D eigenvalue weighted by Gasteiger charge is 2.17. The normalized spacial score (nSPS) is 21.4. The molecular weight excluding hydrogens is 146 g/mol. The summed E-state index contributed by atoms with van der Waals surface area (Å²) in [6, 6.07) is 4.96. The Hall–Kier alpha value is -0.980. The standard InChI is InChI=1S/C11H15N/c1-9(2)11-7-3-5-10-6-4-8-12(10)11/h3-6,8-9,11H,7H2,1-2H3/t11-/m1/s1. The van der Waals surface area contributed by atoms with Crippen LogP contribution in [0.4, 0.5) is 0 Å². The predicted molar refractivity (Wildman–Crippen MR) is 52.0 cm³/mol. The van der Waals surface area contributed by atoms with Gasteiger partial charge in [-0.05, 0) is 30.5 Å². The second-order valence-electron chi connectivity index (χ2n) is 3.79. The quantitative estimate of drug-likeness (QED) is 0.596. The Morgan fingerprint density at radius 2 is 2.33 bits per heavy atom. The molecule has 0 radical (unpaired) electrons. The fraction of sp³-hybridized carbons (Fsp3) is 0.455. The highest BCUT2D eigenvalue weighted by molar-refractivity contribution is 5.47. The maximum Gasteiger partial charge on any atom is 0.0406 e. The van der Waals surface area contributed by atoms with Crippen LogP contribution in [0.3, 0.4) is 0 Å². The van der Waals surface area contributed by atoms with Gasteiger partial charge in [-0.25, -0.2) is 0 Å². The van der Waals surface area contributed by atoms with Gasteiger partial charge >= 0.3 is 0 Å². The van der Waals surface area contributed by atoms with Crippen LogP contribution in [0.1, 0.15) is 32.0 Å². The summed E-state index contributed by atoms with van der Waals surface area (Å²) in [5.74, 6) is 0.723. The minimum Gasteiger partial charge on any atom is -0.344 e. The molecule has 0 aliphatic carbocycles. The number of hydrogen-bond donors (Lipinski definition) is 0. The first-order valence-electron chi connectivity index (χ1n) is 4.62. The second-order valence-corrected chi connectivity index (χ2v) is 3.79. The Labute approximate surface area is 73.7 Å². The Balaban J connectivity index is 2.38. The highest BCUT2D eigenvalue weighted by atomic mass is 15.0. The Morgan fingerprint density at radius 3 is 3.08 bits per heavy atom. The topological polar surface area (TPSA) is 4.93 Å². The molecular formula is C11H15N. The fourth-order valence-electron chi connectivity index (χ4n) is 1.89. The van der Waals surface area contributed by atoms with E-state index in [0.717, 1.165) is 5.92 Å². The van der Waals surface area contributed by atoms with Gasteiger partial charge in [-0.15, -0.1) is 0 Å². The molecule has 0 saturated heterocycles. The highest BCUT2D eigenvalue weighted by Crippen LogP contribution is 2.28. The van der Waals surface area contributed by atoms with E-state index >= 15 is 0 Å². The Bertz CT molecular complexity index is 294. The molecule has 1 atom stereocenters. The summed E-state index contributed by atoms with van der Waals surface area (Å²) in [5, 5.41) is 0. The van der Waals surface area contributed by atoms with Crippen molar-refractivity contribution >= 4 is 6.08 Å². The van der Waals surface area contributed by atoms with E-state index < -0.39 is 0 Å². The van der Waals surface area contributed by atoms with Crippen LogP contribution in [0.25, 0.3) is 6.08 Å². The molecule has 0 saturated carbocycles. The maximum absolute atomic E-state index is 2.38. The van der Waals surface area contributed by atoms with Gasteiger partial charge < -0.3 is 4.57 Å². The molecule has 12 heavy (non-hydrogen) atoms. The number of nitrogens with zero attached hydrogens (tertiary/aromatic N) is 1. The van der Waals surface area contributed by atoms with Crippen molar-refractivity contribution in [3.05, 3.63) is 30.1 Å². The summed E-state index contributed by atoms with van der Waals surface area (Å²) in [7, 11) is 0. The molecule has 0 unspecified atom stereocenters. The van der Waals surface area contributed by atoms with Gasteiger partial charge in [0.25, 0.3) is 0 Å². The third kappa shape index (κ3) is 1.09. The first kappa shape index (κ1) is 7.66. The molecule has 1 heteroatoms. The van der Waals surface area contributed by atoms with Crippen molar-refractivity contribution < 1.29 is 0 Å². The van der Waals surface area contributed by atoms with Crippen LogP contribution in [0.2, 0.25) is 0 Å². The van der Waals surface area contributed by atoms with Crippen LogP contribution >= 0.6 is 0 Å².